The van der Waals surface area contributed by atoms with Gasteiger partial charge in [0.25, 0.3) is 0 Å². The average molecular weight is 459 g/mol. The smallest absolute Gasteiger partial charge is 0.416 e. The van der Waals surface area contributed by atoms with Crippen LogP contribution >= 0.6 is 11.8 Å². The van der Waals surface area contributed by atoms with E-state index in [9.17, 15) is 18.3 Å². The summed E-state index contributed by atoms with van der Waals surface area (Å²) in [6.45, 7) is 3.35. The van der Waals surface area contributed by atoms with Crippen LogP contribution in [0.5, 0.6) is 5.75 Å². The first-order valence-corrected chi connectivity index (χ1v) is 11.2. The fourth-order valence-electron chi connectivity index (χ4n) is 3.05. The highest BCUT2D eigenvalue weighted by Crippen LogP contribution is 2.31. The van der Waals surface area contributed by atoms with E-state index < -0.39 is 11.7 Å². The van der Waals surface area contributed by atoms with Gasteiger partial charge in [-0.1, -0.05) is 55.4 Å². The standard InChI is InChI=1S/C25H25F3N2OS/c1-2-3-16-30(18-19-8-7-9-22(31)17-19)24(32-23-10-5-4-6-11-23)29-21-14-12-20(13-15-21)25(26,27)28/h4-15,17,31H,2-3,16,18H2,1H3. The number of aliphatic imine (C=N–C) groups is 1. The van der Waals surface area contributed by atoms with E-state index in [1.165, 1.54) is 23.9 Å². The average Bonchev–Trinajstić information content (AvgIpc) is 2.77. The van der Waals surface area contributed by atoms with Crippen molar-refractivity contribution in [3.05, 3.63) is 90.0 Å². The zero-order valence-corrected chi connectivity index (χ0v) is 18.5. The molecule has 0 fully saturated rings. The number of thioether (sulfide) groups is 1. The summed E-state index contributed by atoms with van der Waals surface area (Å²) in [6.07, 6.45) is -2.47. The maximum absolute atomic E-state index is 12.9. The molecule has 3 aromatic carbocycles. The first-order valence-electron chi connectivity index (χ1n) is 10.4. The summed E-state index contributed by atoms with van der Waals surface area (Å²) in [4.78, 5) is 7.81. The molecular weight excluding hydrogens is 433 g/mol. The summed E-state index contributed by atoms with van der Waals surface area (Å²) in [7, 11) is 0. The molecule has 32 heavy (non-hydrogen) atoms. The van der Waals surface area contributed by atoms with Gasteiger partial charge < -0.3 is 10.0 Å². The number of nitrogens with zero attached hydrogens (tertiary/aromatic N) is 2. The number of hydrogen-bond donors (Lipinski definition) is 1. The fourth-order valence-corrected chi connectivity index (χ4v) is 3.99. The van der Waals surface area contributed by atoms with Crippen molar-refractivity contribution in [1.82, 2.24) is 4.90 Å². The molecule has 0 aromatic heterocycles. The van der Waals surface area contributed by atoms with Crippen molar-refractivity contribution >= 4 is 22.6 Å². The number of rotatable bonds is 7. The number of hydrogen-bond acceptors (Lipinski definition) is 3. The third kappa shape index (κ3) is 7.05. The molecule has 0 aliphatic rings. The predicted molar refractivity (Wildman–Crippen MR) is 124 cm³/mol. The summed E-state index contributed by atoms with van der Waals surface area (Å²) >= 11 is 1.47. The highest BCUT2D eigenvalue weighted by molar-refractivity contribution is 8.13. The molecule has 0 amide bonds. The van der Waals surface area contributed by atoms with Gasteiger partial charge in [-0.05, 0) is 60.5 Å². The molecule has 3 nitrogen and oxygen atoms in total. The molecule has 0 spiro atoms. The molecule has 0 saturated carbocycles. The van der Waals surface area contributed by atoms with Gasteiger partial charge in [0.05, 0.1) is 11.3 Å². The van der Waals surface area contributed by atoms with Crippen LogP contribution in [0.1, 0.15) is 30.9 Å². The van der Waals surface area contributed by atoms with Crippen molar-refractivity contribution in [2.24, 2.45) is 4.99 Å². The summed E-state index contributed by atoms with van der Waals surface area (Å²) in [6, 6.07) is 21.7. The molecule has 0 saturated heterocycles. The van der Waals surface area contributed by atoms with Gasteiger partial charge in [-0.3, -0.25) is 0 Å². The lowest BCUT2D eigenvalue weighted by Gasteiger charge is -2.26. The third-order valence-electron chi connectivity index (χ3n) is 4.71. The van der Waals surface area contributed by atoms with E-state index in [1.807, 2.05) is 36.4 Å². The molecule has 3 aromatic rings. The second kappa shape index (κ2) is 11.1. The van der Waals surface area contributed by atoms with Gasteiger partial charge in [0.2, 0.25) is 0 Å². The topological polar surface area (TPSA) is 35.8 Å². The third-order valence-corrected chi connectivity index (χ3v) is 5.75. The number of benzene rings is 3. The van der Waals surface area contributed by atoms with Gasteiger partial charge in [-0.2, -0.15) is 13.2 Å². The quantitative estimate of drug-likeness (QED) is 0.226. The Morgan fingerprint density at radius 3 is 2.31 bits per heavy atom. The Balaban J connectivity index is 1.96. The van der Waals surface area contributed by atoms with Crippen LogP contribution in [-0.4, -0.2) is 21.7 Å². The molecule has 1 N–H and O–H groups in total. The van der Waals surface area contributed by atoms with Crippen LogP contribution in [0.3, 0.4) is 0 Å². The number of halogens is 3. The molecule has 0 atom stereocenters. The highest BCUT2D eigenvalue weighted by Gasteiger charge is 2.30. The van der Waals surface area contributed by atoms with Crippen molar-refractivity contribution in [3.63, 3.8) is 0 Å². The van der Waals surface area contributed by atoms with Crippen molar-refractivity contribution in [2.45, 2.75) is 37.4 Å². The van der Waals surface area contributed by atoms with E-state index in [0.717, 1.165) is 42.0 Å². The van der Waals surface area contributed by atoms with Crippen LogP contribution in [-0.2, 0) is 12.7 Å². The van der Waals surface area contributed by atoms with E-state index in [4.69, 9.17) is 4.99 Å². The molecule has 0 radical (unpaired) electrons. The minimum atomic E-state index is -4.38. The molecule has 0 heterocycles. The van der Waals surface area contributed by atoms with Gasteiger partial charge in [0.15, 0.2) is 5.17 Å². The van der Waals surface area contributed by atoms with Gasteiger partial charge in [-0.15, -0.1) is 0 Å². The Morgan fingerprint density at radius 2 is 1.69 bits per heavy atom. The fraction of sp³-hybridized carbons (Fsp3) is 0.240. The summed E-state index contributed by atoms with van der Waals surface area (Å²) < 4.78 is 38.8. The largest absolute Gasteiger partial charge is 0.508 e. The van der Waals surface area contributed by atoms with Crippen molar-refractivity contribution < 1.29 is 18.3 Å². The molecule has 168 valence electrons. The van der Waals surface area contributed by atoms with Crippen molar-refractivity contribution in [2.75, 3.05) is 6.54 Å². The molecule has 0 aliphatic heterocycles. The number of amidine groups is 1. The molecule has 7 heteroatoms. The molecular formula is C25H25F3N2OS. The minimum absolute atomic E-state index is 0.190. The minimum Gasteiger partial charge on any atom is -0.508 e. The number of phenolic OH excluding ortho intramolecular Hbond substituents is 1. The monoisotopic (exact) mass is 458 g/mol. The Kier molecular flexibility index (Phi) is 8.22. The lowest BCUT2D eigenvalue weighted by molar-refractivity contribution is -0.137. The number of aromatic hydroxyl groups is 1. The lowest BCUT2D eigenvalue weighted by Crippen LogP contribution is -2.29. The number of unbranched alkanes of at least 4 members (excludes halogenated alkanes) is 1. The Morgan fingerprint density at radius 1 is 0.969 bits per heavy atom. The van der Waals surface area contributed by atoms with Crippen LogP contribution in [0.2, 0.25) is 0 Å². The number of phenols is 1. The van der Waals surface area contributed by atoms with Crippen LogP contribution in [0.25, 0.3) is 0 Å². The molecule has 0 unspecified atom stereocenters. The second-order valence-electron chi connectivity index (χ2n) is 7.30. The van der Waals surface area contributed by atoms with Crippen molar-refractivity contribution in [1.29, 1.82) is 0 Å². The van der Waals surface area contributed by atoms with Crippen LogP contribution in [0.15, 0.2) is 88.8 Å². The molecule has 0 bridgehead atoms. The normalized spacial score (nSPS) is 12.1. The second-order valence-corrected chi connectivity index (χ2v) is 8.34. The van der Waals surface area contributed by atoms with Crippen LogP contribution < -0.4 is 0 Å². The van der Waals surface area contributed by atoms with Gasteiger partial charge >= 0.3 is 6.18 Å². The number of alkyl halides is 3. The Labute approximate surface area is 190 Å². The Hall–Kier alpha value is -2.93. The van der Waals surface area contributed by atoms with Gasteiger partial charge in [0.1, 0.15) is 5.75 Å². The predicted octanol–water partition coefficient (Wildman–Crippen LogP) is 7.49. The molecule has 3 rings (SSSR count). The van der Waals surface area contributed by atoms with Gasteiger partial charge in [0, 0.05) is 18.0 Å². The zero-order valence-electron chi connectivity index (χ0n) is 17.7. The van der Waals surface area contributed by atoms with Crippen molar-refractivity contribution in [3.8, 4) is 5.75 Å². The van der Waals surface area contributed by atoms with E-state index in [0.29, 0.717) is 17.4 Å². The summed E-state index contributed by atoms with van der Waals surface area (Å²) in [5.74, 6) is 0.190. The first kappa shape index (κ1) is 23.7. The first-order chi connectivity index (χ1) is 15.3. The lowest BCUT2D eigenvalue weighted by atomic mass is 10.2. The van der Waals surface area contributed by atoms with E-state index >= 15 is 0 Å². The maximum atomic E-state index is 12.9. The van der Waals surface area contributed by atoms with E-state index in [-0.39, 0.29) is 5.75 Å². The van der Waals surface area contributed by atoms with Gasteiger partial charge in [-0.25, -0.2) is 4.99 Å². The van der Waals surface area contributed by atoms with E-state index in [2.05, 4.69) is 11.8 Å². The Bertz CT molecular complexity index is 1020. The SMILES string of the molecule is CCCCN(Cc1cccc(O)c1)C(=Nc1ccc(C(F)(F)F)cc1)Sc1ccccc1. The summed E-state index contributed by atoms with van der Waals surface area (Å²) in [5, 5.41) is 10.5. The zero-order chi connectivity index (χ0) is 23.0. The highest BCUT2D eigenvalue weighted by atomic mass is 32.2. The van der Waals surface area contributed by atoms with E-state index in [1.54, 1.807) is 18.2 Å². The van der Waals surface area contributed by atoms with Crippen LogP contribution in [0, 0.1) is 0 Å². The van der Waals surface area contributed by atoms with Crippen LogP contribution in [0.4, 0.5) is 18.9 Å². The molecule has 0 aliphatic carbocycles. The summed E-state index contributed by atoms with van der Waals surface area (Å²) in [5.41, 5.74) is 0.681. The maximum Gasteiger partial charge on any atom is 0.416 e.